The number of likely N-dealkylation sites (N-methyl/N-ethyl adjacent to an activating group) is 1. The molecule has 4 rings (SSSR count). The van der Waals surface area contributed by atoms with Crippen LogP contribution in [0.4, 0.5) is 0 Å². The number of amides is 3. The van der Waals surface area contributed by atoms with Crippen LogP contribution in [-0.4, -0.2) is 104 Å². The summed E-state index contributed by atoms with van der Waals surface area (Å²) in [6, 6.07) is 6.89. The molecule has 11 atom stereocenters. The molecule has 0 saturated carbocycles. The van der Waals surface area contributed by atoms with E-state index >= 15 is 0 Å². The van der Waals surface area contributed by atoms with Crippen LogP contribution in [0.3, 0.4) is 0 Å². The molecule has 1 spiro atoms. The molecule has 0 aromatic heterocycles. The van der Waals surface area contributed by atoms with Crippen LogP contribution in [0.2, 0.25) is 0 Å². The van der Waals surface area contributed by atoms with Gasteiger partial charge < -0.3 is 29.3 Å². The quantitative estimate of drug-likeness (QED) is 0.120. The van der Waals surface area contributed by atoms with Gasteiger partial charge in [0.1, 0.15) is 17.7 Å². The monoisotopic (exact) mass is 757 g/mol. The maximum atomic E-state index is 14.9. The van der Waals surface area contributed by atoms with Gasteiger partial charge in [-0.2, -0.15) is 0 Å². The number of esters is 1. The number of fused-ring (bicyclic) bond motifs is 1. The van der Waals surface area contributed by atoms with Gasteiger partial charge in [0.15, 0.2) is 0 Å². The Hall–Kier alpha value is -3.02. The van der Waals surface area contributed by atoms with Crippen molar-refractivity contribution < 1.29 is 33.8 Å². The second-order valence-corrected chi connectivity index (χ2v) is 15.5. The molecule has 50 heavy (non-hydrogen) atoms. The predicted molar refractivity (Wildman–Crippen MR) is 196 cm³/mol. The number of carbonyl (C=O) groups excluding carboxylic acids is 4. The standard InChI is InChI=1S/C39H56BrN3O7/c1-9-13-20-30(45)41(8)26(7)33(27-18-15-14-16-19-27)49-38(48)31-32-36(46)43(29(23-44)24(5)12-4)35(39(32)22-28(40)34(31)50-39)37(47)42(21-11-3)25(6)17-10-2/h9,11,14-16,18-19,24-26,28-29,31-35,44H,1,3,10,12-13,17,20-23H2,2,4-8H3/t24-,25?,26-,28?,29-,31+,32-,33+,34+,35+,39-/m0/s1. The SMILES string of the molecule is C=CCCC(=O)N(C)[C@@H](C)[C@@H](OC(=O)[C@H]1[C@@H]2O[C@@]3(CC2Br)[C@@H]1C(=O)N([C@@H](CO)[C@@H](C)CC)[C@@H]3C(=O)N(CC=C)C(C)CCC)c1ccccc1. The number of alkyl halides is 1. The molecule has 3 aliphatic rings. The molecule has 276 valence electrons. The lowest BCUT2D eigenvalue weighted by Gasteiger charge is -2.42. The van der Waals surface area contributed by atoms with Gasteiger partial charge >= 0.3 is 5.97 Å². The van der Waals surface area contributed by atoms with Crippen LogP contribution < -0.4 is 0 Å². The molecular weight excluding hydrogens is 702 g/mol. The fourth-order valence-corrected chi connectivity index (χ4v) is 9.21. The Morgan fingerprint density at radius 1 is 1.16 bits per heavy atom. The number of aliphatic hydroxyl groups excluding tert-OH is 1. The highest BCUT2D eigenvalue weighted by Crippen LogP contribution is 2.61. The number of ether oxygens (including phenoxy) is 2. The minimum absolute atomic E-state index is 0.110. The van der Waals surface area contributed by atoms with E-state index in [4.69, 9.17) is 9.47 Å². The minimum Gasteiger partial charge on any atom is -0.455 e. The zero-order valence-corrected chi connectivity index (χ0v) is 32.1. The molecule has 1 aromatic carbocycles. The van der Waals surface area contributed by atoms with E-state index in [1.807, 2.05) is 58.0 Å². The number of allylic oxidation sites excluding steroid dienone is 1. The Bertz CT molecular complexity index is 1390. The van der Waals surface area contributed by atoms with Crippen LogP contribution in [-0.2, 0) is 28.7 Å². The zero-order chi connectivity index (χ0) is 36.9. The molecule has 1 aromatic rings. The molecule has 3 heterocycles. The highest BCUT2D eigenvalue weighted by atomic mass is 79.9. The van der Waals surface area contributed by atoms with Crippen molar-refractivity contribution in [1.29, 1.82) is 0 Å². The lowest BCUT2D eigenvalue weighted by molar-refractivity contribution is -0.165. The lowest BCUT2D eigenvalue weighted by Crippen LogP contribution is -2.61. The maximum Gasteiger partial charge on any atom is 0.313 e. The number of hydrogen-bond acceptors (Lipinski definition) is 7. The van der Waals surface area contributed by atoms with Crippen LogP contribution in [0.15, 0.2) is 55.6 Å². The number of carbonyl (C=O) groups is 4. The van der Waals surface area contributed by atoms with Gasteiger partial charge in [-0.25, -0.2) is 0 Å². The summed E-state index contributed by atoms with van der Waals surface area (Å²) in [5, 5.41) is 10.7. The molecule has 3 aliphatic heterocycles. The summed E-state index contributed by atoms with van der Waals surface area (Å²) in [7, 11) is 1.69. The first kappa shape index (κ1) is 39.8. The highest BCUT2D eigenvalue weighted by molar-refractivity contribution is 9.09. The number of halogens is 1. The molecule has 3 saturated heterocycles. The van der Waals surface area contributed by atoms with Crippen molar-refractivity contribution in [3.8, 4) is 0 Å². The Balaban J connectivity index is 1.78. The third-order valence-corrected chi connectivity index (χ3v) is 12.1. The Morgan fingerprint density at radius 3 is 2.42 bits per heavy atom. The Kier molecular flexibility index (Phi) is 13.5. The van der Waals surface area contributed by atoms with Crippen molar-refractivity contribution in [2.75, 3.05) is 20.2 Å². The topological polar surface area (TPSA) is 117 Å². The van der Waals surface area contributed by atoms with Crippen molar-refractivity contribution in [1.82, 2.24) is 14.7 Å². The fourth-order valence-electron chi connectivity index (χ4n) is 8.27. The van der Waals surface area contributed by atoms with Crippen LogP contribution in [0.25, 0.3) is 0 Å². The smallest absolute Gasteiger partial charge is 0.313 e. The number of hydrogen-bond donors (Lipinski definition) is 1. The first-order valence-corrected chi connectivity index (χ1v) is 19.0. The molecule has 11 heteroatoms. The van der Waals surface area contributed by atoms with Crippen molar-refractivity contribution in [2.24, 2.45) is 17.8 Å². The van der Waals surface area contributed by atoms with Crippen molar-refractivity contribution in [2.45, 2.75) is 120 Å². The van der Waals surface area contributed by atoms with Crippen LogP contribution in [0.1, 0.15) is 84.8 Å². The first-order valence-electron chi connectivity index (χ1n) is 18.1. The first-order chi connectivity index (χ1) is 23.8. The molecule has 3 amide bonds. The zero-order valence-electron chi connectivity index (χ0n) is 30.5. The summed E-state index contributed by atoms with van der Waals surface area (Å²) in [6.45, 7) is 17.4. The summed E-state index contributed by atoms with van der Waals surface area (Å²) >= 11 is 3.76. The van der Waals surface area contributed by atoms with E-state index in [-0.39, 0.29) is 54.1 Å². The number of rotatable bonds is 18. The molecule has 10 nitrogen and oxygen atoms in total. The normalized spacial score (nSPS) is 28.3. The van der Waals surface area contributed by atoms with Gasteiger partial charge in [-0.15, -0.1) is 13.2 Å². The van der Waals surface area contributed by atoms with Gasteiger partial charge in [0.25, 0.3) is 0 Å². The molecular formula is C39H56BrN3O7. The second kappa shape index (κ2) is 17.0. The van der Waals surface area contributed by atoms with Crippen LogP contribution in [0.5, 0.6) is 0 Å². The molecule has 0 radical (unpaired) electrons. The van der Waals surface area contributed by atoms with Gasteiger partial charge in [-0.3, -0.25) is 19.2 Å². The highest BCUT2D eigenvalue weighted by Gasteiger charge is 2.78. The number of likely N-dealkylation sites (tertiary alicyclic amines) is 1. The third-order valence-electron chi connectivity index (χ3n) is 11.3. The van der Waals surface area contributed by atoms with Crippen LogP contribution >= 0.6 is 15.9 Å². The summed E-state index contributed by atoms with van der Waals surface area (Å²) in [6.07, 6.45) is 5.25. The van der Waals surface area contributed by atoms with E-state index in [1.165, 1.54) is 0 Å². The van der Waals surface area contributed by atoms with E-state index in [1.54, 1.807) is 33.9 Å². The van der Waals surface area contributed by atoms with Gasteiger partial charge in [0.2, 0.25) is 17.7 Å². The van der Waals surface area contributed by atoms with Crippen molar-refractivity contribution in [3.63, 3.8) is 0 Å². The van der Waals surface area contributed by atoms with Gasteiger partial charge in [-0.05, 0) is 44.6 Å². The van der Waals surface area contributed by atoms with Crippen LogP contribution in [0, 0.1) is 17.8 Å². The number of nitrogens with zero attached hydrogens (tertiary/aromatic N) is 3. The summed E-state index contributed by atoms with van der Waals surface area (Å²) in [4.78, 5) is 61.9. The molecule has 1 N–H and O–H groups in total. The van der Waals surface area contributed by atoms with E-state index in [9.17, 15) is 24.3 Å². The third kappa shape index (κ3) is 7.33. The largest absolute Gasteiger partial charge is 0.455 e. The van der Waals surface area contributed by atoms with Crippen molar-refractivity contribution >= 4 is 39.6 Å². The minimum atomic E-state index is -1.31. The van der Waals surface area contributed by atoms with E-state index in [0.717, 1.165) is 12.8 Å². The predicted octanol–water partition coefficient (Wildman–Crippen LogP) is 5.44. The fraction of sp³-hybridized carbons (Fsp3) is 0.641. The van der Waals surface area contributed by atoms with E-state index in [0.29, 0.717) is 24.8 Å². The molecule has 3 fully saturated rings. The van der Waals surface area contributed by atoms with Crippen molar-refractivity contribution in [3.05, 3.63) is 61.2 Å². The Labute approximate surface area is 306 Å². The van der Waals surface area contributed by atoms with Gasteiger partial charge in [0, 0.05) is 30.9 Å². The van der Waals surface area contributed by atoms with Gasteiger partial charge in [0.05, 0.1) is 36.6 Å². The van der Waals surface area contributed by atoms with E-state index < -0.39 is 53.7 Å². The molecule has 2 bridgehead atoms. The Morgan fingerprint density at radius 2 is 1.84 bits per heavy atom. The number of benzene rings is 1. The number of aliphatic hydroxyl groups is 1. The summed E-state index contributed by atoms with van der Waals surface area (Å²) < 4.78 is 13.2. The van der Waals surface area contributed by atoms with Gasteiger partial charge in [-0.1, -0.05) is 92.0 Å². The lowest BCUT2D eigenvalue weighted by atomic mass is 9.70. The summed E-state index contributed by atoms with van der Waals surface area (Å²) in [5.41, 5.74) is -0.603. The maximum absolute atomic E-state index is 14.9. The average Bonchev–Trinajstić information content (AvgIpc) is 3.71. The molecule has 0 aliphatic carbocycles. The average molecular weight is 759 g/mol. The summed E-state index contributed by atoms with van der Waals surface area (Å²) in [5.74, 6) is -3.52. The van der Waals surface area contributed by atoms with E-state index in [2.05, 4.69) is 36.0 Å². The molecule has 2 unspecified atom stereocenters. The second-order valence-electron chi connectivity index (χ2n) is 14.3.